The maximum Gasteiger partial charge on any atom is 0.306 e. The number of hydrogen-bond acceptors (Lipinski definition) is 6. The lowest BCUT2D eigenvalue weighted by atomic mass is 9.99. The van der Waals surface area contributed by atoms with Crippen molar-refractivity contribution in [1.82, 2.24) is 0 Å². The van der Waals surface area contributed by atoms with E-state index in [2.05, 4.69) is 34.6 Å². The van der Waals surface area contributed by atoms with Crippen molar-refractivity contribution in [2.75, 3.05) is 13.2 Å². The smallest absolute Gasteiger partial charge is 0.306 e. The first-order valence-corrected chi connectivity index (χ1v) is 29.3. The summed E-state index contributed by atoms with van der Waals surface area (Å²) in [5, 5.41) is 0. The van der Waals surface area contributed by atoms with Crippen molar-refractivity contribution in [2.24, 2.45) is 11.8 Å². The average molecular weight is 920 g/mol. The van der Waals surface area contributed by atoms with Gasteiger partial charge in [0.15, 0.2) is 6.10 Å². The summed E-state index contributed by atoms with van der Waals surface area (Å²) < 4.78 is 16.9. The van der Waals surface area contributed by atoms with Crippen molar-refractivity contribution >= 4 is 17.9 Å². The van der Waals surface area contributed by atoms with Crippen LogP contribution >= 0.6 is 0 Å². The molecular weight excluding hydrogens is 805 g/mol. The van der Waals surface area contributed by atoms with Gasteiger partial charge in [-0.3, -0.25) is 14.4 Å². The first-order valence-electron chi connectivity index (χ1n) is 29.3. The van der Waals surface area contributed by atoms with Crippen LogP contribution in [0.15, 0.2) is 0 Å². The van der Waals surface area contributed by atoms with Gasteiger partial charge in [-0.05, 0) is 31.1 Å². The Morgan fingerprint density at radius 2 is 0.585 bits per heavy atom. The summed E-state index contributed by atoms with van der Waals surface area (Å²) in [5.74, 6) is 0.883. The zero-order valence-electron chi connectivity index (χ0n) is 44.6. The summed E-state index contributed by atoms with van der Waals surface area (Å²) in [4.78, 5) is 38.2. The Kier molecular flexibility index (Phi) is 50.5. The average Bonchev–Trinajstić information content (AvgIpc) is 3.29. The van der Waals surface area contributed by atoms with Crippen molar-refractivity contribution in [2.45, 2.75) is 336 Å². The van der Waals surface area contributed by atoms with E-state index in [0.717, 1.165) is 69.6 Å². The molecule has 0 aliphatic heterocycles. The fraction of sp³-hybridized carbons (Fsp3) is 0.949. The Morgan fingerprint density at radius 1 is 0.323 bits per heavy atom. The van der Waals surface area contributed by atoms with Crippen LogP contribution in [0, 0.1) is 11.8 Å². The van der Waals surface area contributed by atoms with Gasteiger partial charge >= 0.3 is 17.9 Å². The fourth-order valence-electron chi connectivity index (χ4n) is 9.02. The third-order valence-electron chi connectivity index (χ3n) is 13.8. The number of ether oxygens (including phenoxy) is 3. The highest BCUT2D eigenvalue weighted by molar-refractivity contribution is 5.71. The SMILES string of the molecule is CCCCCCCCCCCCCCCCCC(=O)OC[C@H](COC(=O)CCCCCCCCCCCCCC(C)C)OC(=O)CCCCCCCCCCCCCCCCC(C)CC. The van der Waals surface area contributed by atoms with Gasteiger partial charge in [0.2, 0.25) is 0 Å². The van der Waals surface area contributed by atoms with E-state index in [9.17, 15) is 14.4 Å². The quantitative estimate of drug-likeness (QED) is 0.0344. The normalized spacial score (nSPS) is 12.5. The Balaban J connectivity index is 4.30. The van der Waals surface area contributed by atoms with E-state index >= 15 is 0 Å². The maximum absolute atomic E-state index is 12.9. The van der Waals surface area contributed by atoms with Crippen molar-refractivity contribution in [3.63, 3.8) is 0 Å². The first kappa shape index (κ1) is 63.4. The molecule has 65 heavy (non-hydrogen) atoms. The number of rotatable bonds is 53. The predicted molar refractivity (Wildman–Crippen MR) is 280 cm³/mol. The van der Waals surface area contributed by atoms with Gasteiger partial charge in [0.05, 0.1) is 0 Å². The van der Waals surface area contributed by atoms with Crippen molar-refractivity contribution in [1.29, 1.82) is 0 Å². The van der Waals surface area contributed by atoms with Crippen LogP contribution in [0.25, 0.3) is 0 Å². The van der Waals surface area contributed by atoms with Crippen LogP contribution in [0.4, 0.5) is 0 Å². The molecule has 0 rings (SSSR count). The summed E-state index contributed by atoms with van der Waals surface area (Å²) >= 11 is 0. The lowest BCUT2D eigenvalue weighted by Gasteiger charge is -2.18. The Morgan fingerprint density at radius 3 is 0.877 bits per heavy atom. The minimum Gasteiger partial charge on any atom is -0.462 e. The van der Waals surface area contributed by atoms with Crippen molar-refractivity contribution < 1.29 is 28.6 Å². The number of hydrogen-bond donors (Lipinski definition) is 0. The number of unbranched alkanes of at least 4 members (excludes halogenated alkanes) is 37. The molecule has 6 heteroatoms. The highest BCUT2D eigenvalue weighted by Gasteiger charge is 2.19. The minimum absolute atomic E-state index is 0.0626. The summed E-state index contributed by atoms with van der Waals surface area (Å²) in [6.07, 6.45) is 55.1. The summed E-state index contributed by atoms with van der Waals surface area (Å²) in [5.41, 5.74) is 0. The van der Waals surface area contributed by atoms with Gasteiger partial charge in [0.25, 0.3) is 0 Å². The van der Waals surface area contributed by atoms with Gasteiger partial charge in [0.1, 0.15) is 13.2 Å². The van der Waals surface area contributed by atoms with Crippen molar-refractivity contribution in [3.8, 4) is 0 Å². The molecule has 0 spiro atoms. The molecule has 0 bridgehead atoms. The second kappa shape index (κ2) is 51.8. The van der Waals surface area contributed by atoms with Gasteiger partial charge in [0, 0.05) is 19.3 Å². The molecule has 0 aliphatic rings. The van der Waals surface area contributed by atoms with Gasteiger partial charge in [-0.15, -0.1) is 0 Å². The zero-order valence-corrected chi connectivity index (χ0v) is 44.6. The summed E-state index contributed by atoms with van der Waals surface area (Å²) in [6, 6.07) is 0. The van der Waals surface area contributed by atoms with E-state index in [1.165, 1.54) is 218 Å². The number of carbonyl (C=O) groups excluding carboxylic acids is 3. The van der Waals surface area contributed by atoms with E-state index in [0.29, 0.717) is 19.3 Å². The fourth-order valence-corrected chi connectivity index (χ4v) is 9.02. The zero-order chi connectivity index (χ0) is 47.5. The molecule has 0 radical (unpaired) electrons. The molecule has 0 saturated carbocycles. The first-order chi connectivity index (χ1) is 31.8. The Bertz CT molecular complexity index is 995. The van der Waals surface area contributed by atoms with E-state index < -0.39 is 6.10 Å². The monoisotopic (exact) mass is 919 g/mol. The molecule has 0 aromatic carbocycles. The maximum atomic E-state index is 12.9. The number of carbonyl (C=O) groups is 3. The Hall–Kier alpha value is -1.59. The molecule has 0 aromatic rings. The molecule has 0 N–H and O–H groups in total. The van der Waals surface area contributed by atoms with E-state index in [-0.39, 0.29) is 31.1 Å². The third-order valence-corrected chi connectivity index (χ3v) is 13.8. The lowest BCUT2D eigenvalue weighted by Crippen LogP contribution is -2.30. The second-order valence-corrected chi connectivity index (χ2v) is 21.0. The highest BCUT2D eigenvalue weighted by atomic mass is 16.6. The Labute approximate surface area is 406 Å². The molecule has 2 atom stereocenters. The van der Waals surface area contributed by atoms with Crippen LogP contribution in [-0.2, 0) is 28.6 Å². The molecule has 0 saturated heterocycles. The standard InChI is InChI=1S/C59H114O6/c1-6-8-9-10-11-12-13-14-15-19-24-29-34-39-44-49-57(60)63-52-56(53-64-58(61)50-45-40-35-30-26-21-22-27-32-37-42-47-54(3)4)65-59(62)51-46-41-36-31-25-20-17-16-18-23-28-33-38-43-48-55(5)7-2/h54-56H,6-53H2,1-5H3/t55?,56-/m1/s1. The molecule has 0 aliphatic carbocycles. The van der Waals surface area contributed by atoms with Crippen LogP contribution in [0.5, 0.6) is 0 Å². The predicted octanol–water partition coefficient (Wildman–Crippen LogP) is 19.3. The van der Waals surface area contributed by atoms with Crippen LogP contribution in [0.2, 0.25) is 0 Å². The van der Waals surface area contributed by atoms with E-state index in [1.54, 1.807) is 0 Å². The molecular formula is C59H114O6. The molecule has 0 aromatic heterocycles. The number of esters is 3. The van der Waals surface area contributed by atoms with Crippen LogP contribution in [-0.4, -0.2) is 37.2 Å². The van der Waals surface area contributed by atoms with Gasteiger partial charge in [-0.25, -0.2) is 0 Å². The molecule has 1 unspecified atom stereocenters. The minimum atomic E-state index is -0.763. The van der Waals surface area contributed by atoms with Crippen LogP contribution in [0.3, 0.4) is 0 Å². The molecule has 0 fully saturated rings. The second-order valence-electron chi connectivity index (χ2n) is 21.0. The van der Waals surface area contributed by atoms with Gasteiger partial charge < -0.3 is 14.2 Å². The summed E-state index contributed by atoms with van der Waals surface area (Å²) in [7, 11) is 0. The lowest BCUT2D eigenvalue weighted by molar-refractivity contribution is -0.167. The third kappa shape index (κ3) is 51.6. The highest BCUT2D eigenvalue weighted by Crippen LogP contribution is 2.19. The molecule has 6 nitrogen and oxygen atoms in total. The molecule has 386 valence electrons. The molecule has 0 amide bonds. The van der Waals surface area contributed by atoms with Crippen LogP contribution < -0.4 is 0 Å². The molecule has 0 heterocycles. The topological polar surface area (TPSA) is 78.9 Å². The van der Waals surface area contributed by atoms with Gasteiger partial charge in [-0.1, -0.05) is 291 Å². The largest absolute Gasteiger partial charge is 0.462 e. The van der Waals surface area contributed by atoms with Gasteiger partial charge in [-0.2, -0.15) is 0 Å². The summed E-state index contributed by atoms with van der Waals surface area (Å²) in [6.45, 7) is 11.4. The van der Waals surface area contributed by atoms with E-state index in [4.69, 9.17) is 14.2 Å². The van der Waals surface area contributed by atoms with E-state index in [1.807, 2.05) is 0 Å². The van der Waals surface area contributed by atoms with Crippen LogP contribution in [0.1, 0.15) is 330 Å². The van der Waals surface area contributed by atoms with Crippen molar-refractivity contribution in [3.05, 3.63) is 0 Å².